The van der Waals surface area contributed by atoms with E-state index in [-0.39, 0.29) is 5.96 Å². The Hall–Kier alpha value is -1.59. The molecule has 0 saturated heterocycles. The van der Waals surface area contributed by atoms with Gasteiger partial charge in [0.15, 0.2) is 11.7 Å². The van der Waals surface area contributed by atoms with E-state index < -0.39 is 5.79 Å². The van der Waals surface area contributed by atoms with Crippen molar-refractivity contribution in [1.29, 1.82) is 5.41 Å². The molecule has 0 radical (unpaired) electrons. The minimum atomic E-state index is -1.67. The van der Waals surface area contributed by atoms with E-state index >= 15 is 0 Å². The van der Waals surface area contributed by atoms with Gasteiger partial charge in [0.05, 0.1) is 0 Å². The predicted molar refractivity (Wildman–Crippen MR) is 59.0 cm³/mol. The Kier molecular flexibility index (Phi) is 5.36. The Morgan fingerprint density at radius 3 is 2.00 bits per heavy atom. The third-order valence-corrected chi connectivity index (χ3v) is 1.73. The molecule has 0 heterocycles. The van der Waals surface area contributed by atoms with Crippen molar-refractivity contribution in [2.24, 2.45) is 11.5 Å². The number of nitrogens with one attached hydrogen (secondary N) is 1. The van der Waals surface area contributed by atoms with Crippen LogP contribution >= 0.6 is 0 Å². The van der Waals surface area contributed by atoms with Crippen LogP contribution in [0.25, 0.3) is 0 Å². The molecule has 1 aromatic carbocycles. The highest BCUT2D eigenvalue weighted by molar-refractivity contribution is 5.71. The van der Waals surface area contributed by atoms with E-state index in [1.165, 1.54) is 0 Å². The Bertz CT molecular complexity index is 295. The lowest BCUT2D eigenvalue weighted by molar-refractivity contribution is -0.171. The zero-order valence-corrected chi connectivity index (χ0v) is 8.64. The van der Waals surface area contributed by atoms with Crippen molar-refractivity contribution in [3.8, 4) is 0 Å². The molecular formula is C10H17N3O2. The average molecular weight is 211 g/mol. The first-order chi connectivity index (χ1) is 6.90. The van der Waals surface area contributed by atoms with Gasteiger partial charge in [0, 0.05) is 12.0 Å². The van der Waals surface area contributed by atoms with Crippen molar-refractivity contribution in [2.75, 3.05) is 0 Å². The molecule has 1 rings (SSSR count). The zero-order chi connectivity index (χ0) is 11.9. The molecule has 15 heavy (non-hydrogen) atoms. The molecule has 0 amide bonds. The first-order valence-corrected chi connectivity index (χ1v) is 4.50. The zero-order valence-electron chi connectivity index (χ0n) is 8.64. The van der Waals surface area contributed by atoms with E-state index in [0.717, 1.165) is 0 Å². The van der Waals surface area contributed by atoms with Gasteiger partial charge in [-0.25, -0.2) is 0 Å². The molecule has 0 fully saturated rings. The molecule has 1 aromatic rings. The number of hydrogen-bond donors (Lipinski definition) is 5. The lowest BCUT2D eigenvalue weighted by Crippen LogP contribution is -2.23. The maximum atomic E-state index is 9.35. The van der Waals surface area contributed by atoms with Gasteiger partial charge in [-0.3, -0.25) is 5.41 Å². The molecule has 7 N–H and O–H groups in total. The van der Waals surface area contributed by atoms with Crippen molar-refractivity contribution in [2.45, 2.75) is 19.1 Å². The molecule has 0 unspecified atom stereocenters. The molecule has 0 spiro atoms. The Morgan fingerprint density at radius 1 is 1.27 bits per heavy atom. The highest BCUT2D eigenvalue weighted by Gasteiger charge is 2.21. The number of guanidine groups is 1. The van der Waals surface area contributed by atoms with Gasteiger partial charge in [0.1, 0.15) is 0 Å². The topological polar surface area (TPSA) is 116 Å². The van der Waals surface area contributed by atoms with Gasteiger partial charge in [-0.2, -0.15) is 0 Å². The smallest absolute Gasteiger partial charge is 0.189 e. The third kappa shape index (κ3) is 5.66. The quantitative estimate of drug-likeness (QED) is 0.270. The molecule has 5 nitrogen and oxygen atoms in total. The van der Waals surface area contributed by atoms with E-state index in [1.807, 2.05) is 6.07 Å². The molecule has 0 aliphatic carbocycles. The molecule has 0 aliphatic heterocycles. The summed E-state index contributed by atoms with van der Waals surface area (Å²) in [7, 11) is 0. The summed E-state index contributed by atoms with van der Waals surface area (Å²) >= 11 is 0. The fourth-order valence-corrected chi connectivity index (χ4v) is 0.909. The van der Waals surface area contributed by atoms with Crippen molar-refractivity contribution >= 4 is 5.96 Å². The highest BCUT2D eigenvalue weighted by atomic mass is 16.5. The third-order valence-electron chi connectivity index (χ3n) is 1.73. The van der Waals surface area contributed by atoms with Crippen LogP contribution in [-0.2, 0) is 5.79 Å². The monoisotopic (exact) mass is 211 g/mol. The molecule has 0 bridgehead atoms. The van der Waals surface area contributed by atoms with E-state index in [0.29, 0.717) is 12.0 Å². The number of aliphatic hydroxyl groups is 2. The van der Waals surface area contributed by atoms with Crippen molar-refractivity contribution in [3.63, 3.8) is 0 Å². The maximum Gasteiger partial charge on any atom is 0.189 e. The maximum absolute atomic E-state index is 9.35. The second kappa shape index (κ2) is 6.00. The Morgan fingerprint density at radius 2 is 1.67 bits per heavy atom. The first kappa shape index (κ1) is 13.4. The summed E-state index contributed by atoms with van der Waals surface area (Å²) in [6, 6.07) is 8.81. The largest absolute Gasteiger partial charge is 0.370 e. The second-order valence-electron chi connectivity index (χ2n) is 2.99. The van der Waals surface area contributed by atoms with E-state index in [2.05, 4.69) is 11.5 Å². The lowest BCUT2D eigenvalue weighted by Gasteiger charge is -2.19. The van der Waals surface area contributed by atoms with Crippen LogP contribution < -0.4 is 11.5 Å². The fraction of sp³-hybridized carbons (Fsp3) is 0.300. The van der Waals surface area contributed by atoms with Gasteiger partial charge in [-0.15, -0.1) is 0 Å². The van der Waals surface area contributed by atoms with Crippen LogP contribution in [0.4, 0.5) is 0 Å². The molecule has 84 valence electrons. The number of rotatable bonds is 2. The summed E-state index contributed by atoms with van der Waals surface area (Å²) < 4.78 is 0. The van der Waals surface area contributed by atoms with Gasteiger partial charge in [0.2, 0.25) is 0 Å². The fourth-order valence-electron chi connectivity index (χ4n) is 0.909. The summed E-state index contributed by atoms with van der Waals surface area (Å²) in [4.78, 5) is 0. The molecule has 0 atom stereocenters. The van der Waals surface area contributed by atoms with Gasteiger partial charge >= 0.3 is 0 Å². The lowest BCUT2D eigenvalue weighted by atomic mass is 10.0. The summed E-state index contributed by atoms with van der Waals surface area (Å²) in [6.45, 7) is 1.73. The minimum Gasteiger partial charge on any atom is -0.370 e. The van der Waals surface area contributed by atoms with Crippen LogP contribution in [0.5, 0.6) is 0 Å². The van der Waals surface area contributed by atoms with Crippen LogP contribution in [0.2, 0.25) is 0 Å². The van der Waals surface area contributed by atoms with Gasteiger partial charge in [0.25, 0.3) is 0 Å². The summed E-state index contributed by atoms with van der Waals surface area (Å²) in [5.74, 6) is -2.00. The SMILES string of the molecule is CCC(O)(O)c1ccccc1.N=C(N)N. The van der Waals surface area contributed by atoms with Crippen LogP contribution in [-0.4, -0.2) is 16.2 Å². The van der Waals surface area contributed by atoms with Crippen molar-refractivity contribution in [1.82, 2.24) is 0 Å². The van der Waals surface area contributed by atoms with Gasteiger partial charge < -0.3 is 21.7 Å². The van der Waals surface area contributed by atoms with E-state index in [4.69, 9.17) is 5.41 Å². The van der Waals surface area contributed by atoms with Crippen LogP contribution in [0.15, 0.2) is 30.3 Å². The van der Waals surface area contributed by atoms with Crippen molar-refractivity contribution in [3.05, 3.63) is 35.9 Å². The molecule has 0 aromatic heterocycles. The van der Waals surface area contributed by atoms with Gasteiger partial charge in [-0.1, -0.05) is 37.3 Å². The standard InChI is InChI=1S/C9H12O2.CH5N3/c1-2-9(10,11)8-6-4-3-5-7-8;2-1(3)4/h3-7,10-11H,2H2,1H3;(H5,2,3,4). The number of hydrogen-bond acceptors (Lipinski definition) is 3. The number of benzene rings is 1. The normalized spacial score (nSPS) is 10.1. The average Bonchev–Trinajstić information content (AvgIpc) is 2.18. The number of nitrogens with two attached hydrogens (primary N) is 2. The second-order valence-corrected chi connectivity index (χ2v) is 2.99. The molecular weight excluding hydrogens is 194 g/mol. The van der Waals surface area contributed by atoms with E-state index in [9.17, 15) is 10.2 Å². The first-order valence-electron chi connectivity index (χ1n) is 4.50. The predicted octanol–water partition coefficient (Wildman–Crippen LogP) is 0.0726. The summed E-state index contributed by atoms with van der Waals surface area (Å²) in [5, 5.41) is 24.8. The molecule has 0 aliphatic rings. The summed E-state index contributed by atoms with van der Waals surface area (Å²) in [5.41, 5.74) is 9.49. The van der Waals surface area contributed by atoms with Crippen LogP contribution in [0.1, 0.15) is 18.9 Å². The molecule has 0 saturated carbocycles. The minimum absolute atomic E-state index is 0.303. The highest BCUT2D eigenvalue weighted by Crippen LogP contribution is 2.20. The van der Waals surface area contributed by atoms with Gasteiger partial charge in [-0.05, 0) is 0 Å². The summed E-state index contributed by atoms with van der Waals surface area (Å²) in [6.07, 6.45) is 0.303. The van der Waals surface area contributed by atoms with Crippen LogP contribution in [0.3, 0.4) is 0 Å². The Balaban J connectivity index is 0.000000423. The molecule has 5 heteroatoms. The van der Waals surface area contributed by atoms with Crippen molar-refractivity contribution < 1.29 is 10.2 Å². The Labute approximate surface area is 88.9 Å². The van der Waals surface area contributed by atoms with Crippen LogP contribution in [0, 0.1) is 5.41 Å². The van der Waals surface area contributed by atoms with E-state index in [1.54, 1.807) is 31.2 Å².